The van der Waals surface area contributed by atoms with E-state index in [1.807, 2.05) is 6.07 Å². The van der Waals surface area contributed by atoms with E-state index in [9.17, 15) is 0 Å². The van der Waals surface area contributed by atoms with Crippen molar-refractivity contribution in [1.29, 1.82) is 5.26 Å². The fourth-order valence-electron chi connectivity index (χ4n) is 0.782. The zero-order valence-corrected chi connectivity index (χ0v) is 6.68. The lowest BCUT2D eigenvalue weighted by molar-refractivity contribution is 0.475. The van der Waals surface area contributed by atoms with Gasteiger partial charge in [-0.15, -0.1) is 0 Å². The van der Waals surface area contributed by atoms with E-state index in [1.165, 1.54) is 6.07 Å². The second-order valence-electron chi connectivity index (χ2n) is 2.23. The molecule has 0 aliphatic rings. The molecule has 0 aliphatic heterocycles. The summed E-state index contributed by atoms with van der Waals surface area (Å²) in [6, 6.07) is 4.87. The maximum Gasteiger partial charge on any atom is 0.135 e. The highest BCUT2D eigenvalue weighted by Gasteiger charge is 2.02. The Morgan fingerprint density at radius 2 is 2.18 bits per heavy atom. The van der Waals surface area contributed by atoms with E-state index >= 15 is 0 Å². The molecule has 2 nitrogen and oxygen atoms in total. The molecular weight excluding hydrogens is 162 g/mol. The average Bonchev–Trinajstić information content (AvgIpc) is 1.97. The van der Waals surface area contributed by atoms with Crippen LogP contribution in [0.5, 0.6) is 5.75 Å². The highest BCUT2D eigenvalue weighted by Crippen LogP contribution is 2.25. The highest BCUT2D eigenvalue weighted by atomic mass is 35.5. The van der Waals surface area contributed by atoms with Gasteiger partial charge in [-0.2, -0.15) is 5.26 Å². The SMILES string of the molecule is Cc1cc(Cl)c(O)cc1C#N. The number of aryl methyl sites for hydroxylation is 1. The number of hydrogen-bond acceptors (Lipinski definition) is 2. The van der Waals surface area contributed by atoms with E-state index in [4.69, 9.17) is 22.0 Å². The number of phenols is 1. The van der Waals surface area contributed by atoms with Crippen molar-refractivity contribution in [2.75, 3.05) is 0 Å². The van der Waals surface area contributed by atoms with Crippen molar-refractivity contribution in [3.05, 3.63) is 28.3 Å². The van der Waals surface area contributed by atoms with Crippen LogP contribution in [0, 0.1) is 18.3 Å². The van der Waals surface area contributed by atoms with Gasteiger partial charge < -0.3 is 5.11 Å². The van der Waals surface area contributed by atoms with Gasteiger partial charge in [0.15, 0.2) is 0 Å². The van der Waals surface area contributed by atoms with Crippen LogP contribution in [0.4, 0.5) is 0 Å². The minimum atomic E-state index is -0.0474. The highest BCUT2D eigenvalue weighted by molar-refractivity contribution is 6.32. The third kappa shape index (κ3) is 1.44. The van der Waals surface area contributed by atoms with Gasteiger partial charge in [-0.05, 0) is 24.6 Å². The van der Waals surface area contributed by atoms with Crippen LogP contribution in [-0.2, 0) is 0 Å². The van der Waals surface area contributed by atoms with Gasteiger partial charge in [0.25, 0.3) is 0 Å². The van der Waals surface area contributed by atoms with Crippen LogP contribution < -0.4 is 0 Å². The minimum Gasteiger partial charge on any atom is -0.506 e. The molecule has 0 heterocycles. The Kier molecular flexibility index (Phi) is 2.02. The number of benzene rings is 1. The van der Waals surface area contributed by atoms with E-state index in [-0.39, 0.29) is 10.8 Å². The molecule has 56 valence electrons. The number of rotatable bonds is 0. The molecule has 0 aromatic heterocycles. The van der Waals surface area contributed by atoms with Crippen molar-refractivity contribution in [3.63, 3.8) is 0 Å². The molecule has 0 amide bonds. The zero-order valence-electron chi connectivity index (χ0n) is 5.93. The summed E-state index contributed by atoms with van der Waals surface area (Å²) in [5.41, 5.74) is 1.22. The molecule has 0 unspecified atom stereocenters. The fourth-order valence-corrected chi connectivity index (χ4v) is 1.000. The third-order valence-corrected chi connectivity index (χ3v) is 1.72. The monoisotopic (exact) mass is 167 g/mol. The molecule has 1 aromatic rings. The first-order valence-electron chi connectivity index (χ1n) is 3.04. The van der Waals surface area contributed by atoms with Gasteiger partial charge in [-0.25, -0.2) is 0 Å². The molecule has 0 saturated heterocycles. The third-order valence-electron chi connectivity index (χ3n) is 1.41. The van der Waals surface area contributed by atoms with Crippen molar-refractivity contribution in [2.24, 2.45) is 0 Å². The van der Waals surface area contributed by atoms with Crippen LogP contribution in [0.2, 0.25) is 5.02 Å². The predicted molar refractivity (Wildman–Crippen MR) is 42.6 cm³/mol. The number of nitrogens with zero attached hydrogens (tertiary/aromatic N) is 1. The topological polar surface area (TPSA) is 44.0 Å². The van der Waals surface area contributed by atoms with E-state index in [1.54, 1.807) is 13.0 Å². The molecule has 0 fully saturated rings. The summed E-state index contributed by atoms with van der Waals surface area (Å²) < 4.78 is 0. The van der Waals surface area contributed by atoms with Crippen LogP contribution >= 0.6 is 11.6 Å². The molecule has 1 rings (SSSR count). The molecule has 0 aliphatic carbocycles. The molecule has 1 N–H and O–H groups in total. The smallest absolute Gasteiger partial charge is 0.135 e. The Morgan fingerprint density at radius 3 is 2.73 bits per heavy atom. The standard InChI is InChI=1S/C8H6ClNO/c1-5-2-7(9)8(11)3-6(5)4-10/h2-3,11H,1H3. The van der Waals surface area contributed by atoms with Gasteiger partial charge in [0.2, 0.25) is 0 Å². The van der Waals surface area contributed by atoms with Crippen LogP contribution in [0.25, 0.3) is 0 Å². The van der Waals surface area contributed by atoms with E-state index < -0.39 is 0 Å². The minimum absolute atomic E-state index is 0.0474. The number of hydrogen-bond donors (Lipinski definition) is 1. The van der Waals surface area contributed by atoms with E-state index in [0.717, 1.165) is 5.56 Å². The predicted octanol–water partition coefficient (Wildman–Crippen LogP) is 2.23. The molecule has 0 radical (unpaired) electrons. The molecule has 11 heavy (non-hydrogen) atoms. The Balaban J connectivity index is 3.35. The fraction of sp³-hybridized carbons (Fsp3) is 0.125. The van der Waals surface area contributed by atoms with Crippen molar-refractivity contribution in [1.82, 2.24) is 0 Å². The summed E-state index contributed by atoms with van der Waals surface area (Å²) in [5, 5.41) is 17.9. The van der Waals surface area contributed by atoms with Crippen molar-refractivity contribution < 1.29 is 5.11 Å². The largest absolute Gasteiger partial charge is 0.506 e. The quantitative estimate of drug-likeness (QED) is 0.644. The lowest BCUT2D eigenvalue weighted by Crippen LogP contribution is -1.81. The lowest BCUT2D eigenvalue weighted by atomic mass is 10.1. The first-order chi connectivity index (χ1) is 5.15. The van der Waals surface area contributed by atoms with Crippen molar-refractivity contribution >= 4 is 11.6 Å². The normalized spacial score (nSPS) is 9.18. The van der Waals surface area contributed by atoms with Gasteiger partial charge in [-0.1, -0.05) is 11.6 Å². The Hall–Kier alpha value is -1.20. The average molecular weight is 168 g/mol. The maximum absolute atomic E-state index is 9.07. The Labute approximate surface area is 69.7 Å². The summed E-state index contributed by atoms with van der Waals surface area (Å²) in [6.45, 7) is 1.77. The first kappa shape index (κ1) is 7.90. The Bertz CT molecular complexity index is 328. The maximum atomic E-state index is 9.07. The molecule has 1 aromatic carbocycles. The van der Waals surface area contributed by atoms with Gasteiger partial charge >= 0.3 is 0 Å². The molecule has 0 spiro atoms. The second-order valence-corrected chi connectivity index (χ2v) is 2.64. The van der Waals surface area contributed by atoms with Gasteiger partial charge in [0, 0.05) is 0 Å². The molecule has 3 heteroatoms. The van der Waals surface area contributed by atoms with Crippen LogP contribution in [0.15, 0.2) is 12.1 Å². The zero-order chi connectivity index (χ0) is 8.43. The molecule has 0 saturated carbocycles. The molecule has 0 bridgehead atoms. The summed E-state index contributed by atoms with van der Waals surface area (Å²) in [6.07, 6.45) is 0. The van der Waals surface area contributed by atoms with Crippen LogP contribution in [0.1, 0.15) is 11.1 Å². The first-order valence-corrected chi connectivity index (χ1v) is 3.42. The Morgan fingerprint density at radius 1 is 1.55 bits per heavy atom. The van der Waals surface area contributed by atoms with Gasteiger partial charge in [0.05, 0.1) is 16.7 Å². The summed E-state index contributed by atoms with van der Waals surface area (Å²) in [7, 11) is 0. The summed E-state index contributed by atoms with van der Waals surface area (Å²) in [4.78, 5) is 0. The number of halogens is 1. The van der Waals surface area contributed by atoms with Gasteiger partial charge in [-0.3, -0.25) is 0 Å². The van der Waals surface area contributed by atoms with E-state index in [2.05, 4.69) is 0 Å². The van der Waals surface area contributed by atoms with Crippen LogP contribution in [0.3, 0.4) is 0 Å². The lowest BCUT2D eigenvalue weighted by Gasteiger charge is -1.99. The van der Waals surface area contributed by atoms with Crippen molar-refractivity contribution in [2.45, 2.75) is 6.92 Å². The molecular formula is C8H6ClNO. The van der Waals surface area contributed by atoms with Crippen molar-refractivity contribution in [3.8, 4) is 11.8 Å². The summed E-state index contributed by atoms with van der Waals surface area (Å²) >= 11 is 5.58. The summed E-state index contributed by atoms with van der Waals surface area (Å²) in [5.74, 6) is -0.0474. The second kappa shape index (κ2) is 2.81. The number of aromatic hydroxyl groups is 1. The van der Waals surface area contributed by atoms with Crippen LogP contribution in [-0.4, -0.2) is 5.11 Å². The molecule has 0 atom stereocenters. The number of phenolic OH excluding ortho intramolecular Hbond substituents is 1. The number of nitriles is 1. The van der Waals surface area contributed by atoms with Gasteiger partial charge in [0.1, 0.15) is 5.75 Å². The van der Waals surface area contributed by atoms with E-state index in [0.29, 0.717) is 5.56 Å².